The van der Waals surface area contributed by atoms with Crippen LogP contribution in [0.1, 0.15) is 15.9 Å². The van der Waals surface area contributed by atoms with Crippen molar-refractivity contribution in [3.63, 3.8) is 0 Å². The predicted molar refractivity (Wildman–Crippen MR) is 102 cm³/mol. The third-order valence-electron chi connectivity index (χ3n) is 3.61. The monoisotopic (exact) mass is 444 g/mol. The van der Waals surface area contributed by atoms with Gasteiger partial charge in [-0.3, -0.25) is 0 Å². The summed E-state index contributed by atoms with van der Waals surface area (Å²) < 4.78 is 2.10. The quantitative estimate of drug-likeness (QED) is 0.460. The molecule has 0 aliphatic heterocycles. The fourth-order valence-electron chi connectivity index (χ4n) is 2.37. The summed E-state index contributed by atoms with van der Waals surface area (Å²) in [5.41, 5.74) is 2.43. The number of hydrogen-bond acceptors (Lipinski definition) is 1. The van der Waals surface area contributed by atoms with Crippen molar-refractivity contribution in [2.45, 2.75) is 16.7 Å². The maximum absolute atomic E-state index is 6.45. The zero-order valence-corrected chi connectivity index (χ0v) is 16.7. The molecule has 2 nitrogen and oxygen atoms in total. The van der Waals surface area contributed by atoms with E-state index in [0.29, 0.717) is 24.8 Å². The molecule has 0 saturated carbocycles. The molecule has 0 aliphatic rings. The van der Waals surface area contributed by atoms with Gasteiger partial charge in [-0.1, -0.05) is 0 Å². The summed E-state index contributed by atoms with van der Waals surface area (Å²) in [5.74, 6) is 0. The average molecular weight is 445 g/mol. The van der Waals surface area contributed by atoms with Gasteiger partial charge in [-0.2, -0.15) is 0 Å². The van der Waals surface area contributed by atoms with Crippen molar-refractivity contribution < 1.29 is 0 Å². The minimum absolute atomic E-state index is 0.329. The predicted octanol–water partition coefficient (Wildman–Crippen LogP) is 5.49. The second-order valence-corrected chi connectivity index (χ2v) is 9.13. The van der Waals surface area contributed by atoms with Crippen LogP contribution in [0.3, 0.4) is 0 Å². The molecule has 0 aliphatic carbocycles. The van der Waals surface area contributed by atoms with Crippen LogP contribution in [-0.2, 0) is 11.9 Å². The Kier molecular flexibility index (Phi) is 6.26. The summed E-state index contributed by atoms with van der Waals surface area (Å²) in [7, 11) is 0. The zero-order chi connectivity index (χ0) is 16.9. The van der Waals surface area contributed by atoms with E-state index in [0.717, 1.165) is 27.5 Å². The molecule has 3 aromatic rings. The molecule has 6 heteroatoms. The van der Waals surface area contributed by atoms with Crippen molar-refractivity contribution in [3.05, 3.63) is 87.4 Å². The van der Waals surface area contributed by atoms with E-state index in [9.17, 15) is 0 Å². The SMILES string of the molecule is Clc1ccc(C[Se]C(Cn2ccnc2)c2ccc(Cl)cc2Cl)cc1. The van der Waals surface area contributed by atoms with Crippen LogP contribution >= 0.6 is 34.8 Å². The van der Waals surface area contributed by atoms with Crippen molar-refractivity contribution >= 4 is 49.8 Å². The second-order valence-electron chi connectivity index (χ2n) is 5.35. The summed E-state index contributed by atoms with van der Waals surface area (Å²) in [6.07, 6.45) is 5.62. The molecule has 0 bridgehead atoms. The molecule has 3 rings (SSSR count). The Labute approximate surface area is 162 Å². The van der Waals surface area contributed by atoms with Gasteiger partial charge in [-0.15, -0.1) is 0 Å². The van der Waals surface area contributed by atoms with Gasteiger partial charge in [0, 0.05) is 0 Å². The van der Waals surface area contributed by atoms with E-state index in [1.807, 2.05) is 42.9 Å². The maximum atomic E-state index is 6.45. The van der Waals surface area contributed by atoms with Gasteiger partial charge in [-0.05, 0) is 0 Å². The average Bonchev–Trinajstić information content (AvgIpc) is 3.06. The standard InChI is InChI=1S/C18H15Cl3N2Se/c19-14-3-1-13(2-4-14)11-24-18(10-23-8-7-22-12-23)16-6-5-15(20)9-17(16)21/h1-9,12,18H,10-11H2. The molecule has 2 aromatic carbocycles. The zero-order valence-electron chi connectivity index (χ0n) is 12.7. The molecule has 1 aromatic heterocycles. The van der Waals surface area contributed by atoms with E-state index in [-0.39, 0.29) is 0 Å². The Morgan fingerprint density at radius 1 is 1.00 bits per heavy atom. The number of halogens is 3. The first-order chi connectivity index (χ1) is 11.6. The molecule has 124 valence electrons. The first-order valence-corrected chi connectivity index (χ1v) is 10.7. The third kappa shape index (κ3) is 4.78. The molecule has 0 fully saturated rings. The van der Waals surface area contributed by atoms with Gasteiger partial charge in [-0.25, -0.2) is 0 Å². The van der Waals surface area contributed by atoms with Crippen LogP contribution in [0.5, 0.6) is 0 Å². The summed E-state index contributed by atoms with van der Waals surface area (Å²) in [4.78, 5) is 4.47. The van der Waals surface area contributed by atoms with Crippen LogP contribution in [0, 0.1) is 0 Å². The molecule has 0 saturated heterocycles. The van der Waals surface area contributed by atoms with Crippen molar-refractivity contribution in [2.75, 3.05) is 0 Å². The van der Waals surface area contributed by atoms with Crippen LogP contribution in [0.2, 0.25) is 15.1 Å². The van der Waals surface area contributed by atoms with Crippen LogP contribution in [0.15, 0.2) is 61.2 Å². The van der Waals surface area contributed by atoms with Crippen LogP contribution < -0.4 is 0 Å². The van der Waals surface area contributed by atoms with Crippen molar-refractivity contribution in [2.24, 2.45) is 0 Å². The molecular formula is C18H15Cl3N2Se. The Bertz CT molecular complexity index is 789. The van der Waals surface area contributed by atoms with E-state index in [2.05, 4.69) is 21.7 Å². The number of benzene rings is 2. The van der Waals surface area contributed by atoms with Crippen LogP contribution in [0.4, 0.5) is 0 Å². The first kappa shape index (κ1) is 17.8. The van der Waals surface area contributed by atoms with Crippen molar-refractivity contribution in [1.82, 2.24) is 9.55 Å². The summed E-state index contributed by atoms with van der Waals surface area (Å²) in [6.45, 7) is 0.856. The Morgan fingerprint density at radius 3 is 2.42 bits per heavy atom. The van der Waals surface area contributed by atoms with Crippen molar-refractivity contribution in [3.8, 4) is 0 Å². The van der Waals surface area contributed by atoms with Crippen LogP contribution in [-0.4, -0.2) is 24.5 Å². The fourth-order valence-corrected chi connectivity index (χ4v) is 5.80. The van der Waals surface area contributed by atoms with E-state index in [1.54, 1.807) is 6.20 Å². The minimum atomic E-state index is 0.329. The number of rotatable bonds is 6. The van der Waals surface area contributed by atoms with Crippen LogP contribution in [0.25, 0.3) is 0 Å². The molecule has 0 radical (unpaired) electrons. The Balaban J connectivity index is 1.80. The van der Waals surface area contributed by atoms with Gasteiger partial charge >= 0.3 is 163 Å². The molecule has 0 spiro atoms. The molecule has 1 atom stereocenters. The van der Waals surface area contributed by atoms with Gasteiger partial charge in [0.05, 0.1) is 0 Å². The molecule has 1 unspecified atom stereocenters. The van der Waals surface area contributed by atoms with Gasteiger partial charge in [0.1, 0.15) is 0 Å². The second kappa shape index (κ2) is 8.42. The first-order valence-electron chi connectivity index (χ1n) is 7.38. The number of hydrogen-bond donors (Lipinski definition) is 0. The summed E-state index contributed by atoms with van der Waals surface area (Å²) in [5, 5.41) is 3.17. The van der Waals surface area contributed by atoms with Gasteiger partial charge in [0.2, 0.25) is 0 Å². The van der Waals surface area contributed by atoms with E-state index in [4.69, 9.17) is 34.8 Å². The van der Waals surface area contributed by atoms with E-state index >= 15 is 0 Å². The third-order valence-corrected chi connectivity index (χ3v) is 7.16. The fraction of sp³-hybridized carbons (Fsp3) is 0.167. The Morgan fingerprint density at radius 2 is 1.75 bits per heavy atom. The van der Waals surface area contributed by atoms with Gasteiger partial charge in [0.15, 0.2) is 0 Å². The molecule has 0 N–H and O–H groups in total. The molecular weight excluding hydrogens is 430 g/mol. The van der Waals surface area contributed by atoms with E-state index in [1.165, 1.54) is 5.56 Å². The number of imidazole rings is 1. The van der Waals surface area contributed by atoms with Gasteiger partial charge in [0.25, 0.3) is 0 Å². The van der Waals surface area contributed by atoms with Gasteiger partial charge < -0.3 is 0 Å². The summed E-state index contributed by atoms with van der Waals surface area (Å²) >= 11 is 18.8. The molecule has 24 heavy (non-hydrogen) atoms. The molecule has 0 amide bonds. The number of nitrogens with zero attached hydrogens (tertiary/aromatic N) is 2. The normalized spacial score (nSPS) is 12.3. The van der Waals surface area contributed by atoms with Crippen molar-refractivity contribution in [1.29, 1.82) is 0 Å². The van der Waals surface area contributed by atoms with E-state index < -0.39 is 0 Å². The molecule has 1 heterocycles. The Hall–Kier alpha value is -0.961. The summed E-state index contributed by atoms with van der Waals surface area (Å²) in [6, 6.07) is 13.8. The number of aromatic nitrogens is 2. The topological polar surface area (TPSA) is 17.8 Å².